The third-order valence-corrected chi connectivity index (χ3v) is 2.90. The molecule has 0 aromatic heterocycles. The van der Waals surface area contributed by atoms with Crippen molar-refractivity contribution in [2.24, 2.45) is 0 Å². The van der Waals surface area contributed by atoms with Crippen molar-refractivity contribution < 1.29 is 9.53 Å². The van der Waals surface area contributed by atoms with Crippen LogP contribution in [0.15, 0.2) is 30.3 Å². The molecule has 0 radical (unpaired) electrons. The molecule has 1 aromatic carbocycles. The minimum absolute atomic E-state index is 0.0857. The number of hydrogen-bond acceptors (Lipinski definition) is 2. The standard InChI is InChI=1S/C15H22O2/c1-3-5-9-14(12-15(16)17-4-2)13-10-7-6-8-11-13/h6-8,10-11,14H,3-5,9,12H2,1-2H3/t14-/m1/s1. The van der Waals surface area contributed by atoms with Crippen LogP contribution in [0.25, 0.3) is 0 Å². The van der Waals surface area contributed by atoms with Crippen molar-refractivity contribution in [1.82, 2.24) is 0 Å². The summed E-state index contributed by atoms with van der Waals surface area (Å²) in [6, 6.07) is 10.3. The Morgan fingerprint density at radius 2 is 1.94 bits per heavy atom. The molecule has 0 aliphatic carbocycles. The zero-order valence-corrected chi connectivity index (χ0v) is 10.8. The van der Waals surface area contributed by atoms with Crippen molar-refractivity contribution in [1.29, 1.82) is 0 Å². The molecule has 1 rings (SSSR count). The molecule has 1 atom stereocenters. The Morgan fingerprint density at radius 3 is 2.53 bits per heavy atom. The van der Waals surface area contributed by atoms with Gasteiger partial charge < -0.3 is 4.74 Å². The zero-order valence-electron chi connectivity index (χ0n) is 10.8. The Morgan fingerprint density at radius 1 is 1.24 bits per heavy atom. The van der Waals surface area contributed by atoms with E-state index in [1.807, 2.05) is 25.1 Å². The van der Waals surface area contributed by atoms with E-state index >= 15 is 0 Å². The van der Waals surface area contributed by atoms with E-state index in [4.69, 9.17) is 4.74 Å². The molecule has 0 aliphatic rings. The van der Waals surface area contributed by atoms with Crippen LogP contribution < -0.4 is 0 Å². The van der Waals surface area contributed by atoms with Crippen molar-refractivity contribution in [3.05, 3.63) is 35.9 Å². The van der Waals surface area contributed by atoms with Gasteiger partial charge in [0, 0.05) is 0 Å². The van der Waals surface area contributed by atoms with Crippen LogP contribution in [0.3, 0.4) is 0 Å². The molecule has 0 fully saturated rings. The maximum Gasteiger partial charge on any atom is 0.306 e. The van der Waals surface area contributed by atoms with Gasteiger partial charge in [-0.05, 0) is 24.8 Å². The largest absolute Gasteiger partial charge is 0.466 e. The summed E-state index contributed by atoms with van der Waals surface area (Å²) in [7, 11) is 0. The highest BCUT2D eigenvalue weighted by molar-refractivity contribution is 5.70. The average Bonchev–Trinajstić information content (AvgIpc) is 2.36. The SMILES string of the molecule is CCCC[C@H](CC(=O)OCC)c1ccccc1. The summed E-state index contributed by atoms with van der Waals surface area (Å²) in [5.41, 5.74) is 1.24. The van der Waals surface area contributed by atoms with Gasteiger partial charge in [-0.15, -0.1) is 0 Å². The molecule has 0 bridgehead atoms. The van der Waals surface area contributed by atoms with Crippen LogP contribution in [0.2, 0.25) is 0 Å². The molecule has 0 saturated carbocycles. The van der Waals surface area contributed by atoms with Gasteiger partial charge >= 0.3 is 5.97 Å². The zero-order chi connectivity index (χ0) is 12.5. The lowest BCUT2D eigenvalue weighted by Crippen LogP contribution is -2.10. The van der Waals surface area contributed by atoms with Crippen LogP contribution in [-0.4, -0.2) is 12.6 Å². The van der Waals surface area contributed by atoms with Gasteiger partial charge in [0.05, 0.1) is 13.0 Å². The second-order valence-corrected chi connectivity index (χ2v) is 4.26. The maximum atomic E-state index is 11.6. The fraction of sp³-hybridized carbons (Fsp3) is 0.533. The summed E-state index contributed by atoms with van der Waals surface area (Å²) in [6.07, 6.45) is 3.86. The van der Waals surface area contributed by atoms with E-state index < -0.39 is 0 Å². The lowest BCUT2D eigenvalue weighted by atomic mass is 9.91. The van der Waals surface area contributed by atoms with Crippen molar-refractivity contribution in [3.63, 3.8) is 0 Å². The van der Waals surface area contributed by atoms with Gasteiger partial charge in [-0.3, -0.25) is 4.79 Å². The van der Waals surface area contributed by atoms with E-state index in [2.05, 4.69) is 19.1 Å². The van der Waals surface area contributed by atoms with Crippen molar-refractivity contribution in [3.8, 4) is 0 Å². The van der Waals surface area contributed by atoms with Gasteiger partial charge in [-0.2, -0.15) is 0 Å². The van der Waals surface area contributed by atoms with Crippen LogP contribution in [0.4, 0.5) is 0 Å². The van der Waals surface area contributed by atoms with Crippen LogP contribution in [0.5, 0.6) is 0 Å². The summed E-state index contributed by atoms with van der Waals surface area (Å²) in [5.74, 6) is 0.215. The first-order valence-electron chi connectivity index (χ1n) is 6.48. The fourth-order valence-corrected chi connectivity index (χ4v) is 1.98. The normalized spacial score (nSPS) is 12.1. The number of hydrogen-bond donors (Lipinski definition) is 0. The average molecular weight is 234 g/mol. The molecule has 0 aliphatic heterocycles. The van der Waals surface area contributed by atoms with Crippen LogP contribution in [-0.2, 0) is 9.53 Å². The smallest absolute Gasteiger partial charge is 0.306 e. The Kier molecular flexibility index (Phi) is 6.38. The summed E-state index contributed by atoms with van der Waals surface area (Å²) >= 11 is 0. The number of benzene rings is 1. The van der Waals surface area contributed by atoms with Crippen LogP contribution in [0.1, 0.15) is 51.0 Å². The molecule has 0 amide bonds. The molecule has 17 heavy (non-hydrogen) atoms. The lowest BCUT2D eigenvalue weighted by Gasteiger charge is -2.16. The van der Waals surface area contributed by atoms with Gasteiger partial charge in [0.25, 0.3) is 0 Å². The Balaban J connectivity index is 2.63. The molecule has 0 unspecified atom stereocenters. The quantitative estimate of drug-likeness (QED) is 0.668. The highest BCUT2D eigenvalue weighted by Crippen LogP contribution is 2.25. The minimum atomic E-state index is -0.0857. The predicted octanol–water partition coefficient (Wildman–Crippen LogP) is 3.91. The van der Waals surface area contributed by atoms with E-state index in [9.17, 15) is 4.79 Å². The first kappa shape index (κ1) is 13.8. The lowest BCUT2D eigenvalue weighted by molar-refractivity contribution is -0.143. The first-order valence-corrected chi connectivity index (χ1v) is 6.48. The number of carbonyl (C=O) groups excluding carboxylic acids is 1. The first-order chi connectivity index (χ1) is 8.27. The summed E-state index contributed by atoms with van der Waals surface area (Å²) < 4.78 is 5.03. The number of carbonyl (C=O) groups is 1. The molecule has 0 saturated heterocycles. The minimum Gasteiger partial charge on any atom is -0.466 e. The van der Waals surface area contributed by atoms with Gasteiger partial charge in [0.1, 0.15) is 0 Å². The predicted molar refractivity (Wildman–Crippen MR) is 70.0 cm³/mol. The van der Waals surface area contributed by atoms with Gasteiger partial charge in [0.2, 0.25) is 0 Å². The van der Waals surface area contributed by atoms with E-state index in [0.717, 1.165) is 19.3 Å². The Bertz CT molecular complexity index is 319. The maximum absolute atomic E-state index is 11.6. The molecule has 2 nitrogen and oxygen atoms in total. The molecular formula is C15H22O2. The summed E-state index contributed by atoms with van der Waals surface area (Å²) in [4.78, 5) is 11.6. The summed E-state index contributed by atoms with van der Waals surface area (Å²) in [6.45, 7) is 4.49. The molecule has 94 valence electrons. The van der Waals surface area contributed by atoms with E-state index in [0.29, 0.717) is 18.9 Å². The fourth-order valence-electron chi connectivity index (χ4n) is 1.98. The highest BCUT2D eigenvalue weighted by atomic mass is 16.5. The molecular weight excluding hydrogens is 212 g/mol. The number of ether oxygens (including phenoxy) is 1. The summed E-state index contributed by atoms with van der Waals surface area (Å²) in [5, 5.41) is 0. The molecule has 0 heterocycles. The molecule has 0 N–H and O–H groups in total. The second-order valence-electron chi connectivity index (χ2n) is 4.26. The van der Waals surface area contributed by atoms with Gasteiger partial charge in [-0.25, -0.2) is 0 Å². The Labute approximate surface area is 104 Å². The monoisotopic (exact) mass is 234 g/mol. The van der Waals surface area contributed by atoms with E-state index in [1.54, 1.807) is 0 Å². The number of unbranched alkanes of at least 4 members (excludes halogenated alkanes) is 1. The number of rotatable bonds is 7. The molecule has 2 heteroatoms. The topological polar surface area (TPSA) is 26.3 Å². The van der Waals surface area contributed by atoms with E-state index in [-0.39, 0.29) is 5.97 Å². The van der Waals surface area contributed by atoms with Crippen molar-refractivity contribution in [2.45, 2.75) is 45.4 Å². The third kappa shape index (κ3) is 5.03. The van der Waals surface area contributed by atoms with Crippen LogP contribution in [0, 0.1) is 0 Å². The highest BCUT2D eigenvalue weighted by Gasteiger charge is 2.15. The number of esters is 1. The van der Waals surface area contributed by atoms with E-state index in [1.165, 1.54) is 5.56 Å². The third-order valence-electron chi connectivity index (χ3n) is 2.90. The molecule has 1 aromatic rings. The van der Waals surface area contributed by atoms with Crippen molar-refractivity contribution >= 4 is 5.97 Å². The second kappa shape index (κ2) is 7.88. The van der Waals surface area contributed by atoms with Gasteiger partial charge in [0.15, 0.2) is 0 Å². The van der Waals surface area contributed by atoms with Crippen LogP contribution >= 0.6 is 0 Å². The Hall–Kier alpha value is -1.31. The van der Waals surface area contributed by atoms with Gasteiger partial charge in [-0.1, -0.05) is 50.1 Å². The molecule has 0 spiro atoms. The van der Waals surface area contributed by atoms with Crippen molar-refractivity contribution in [2.75, 3.05) is 6.61 Å².